The fraction of sp³-hybridized carbons (Fsp3) is 0.435. The highest BCUT2D eigenvalue weighted by atomic mass is 127. The number of hydrogen-bond acceptors (Lipinski definition) is 4. The van der Waals surface area contributed by atoms with Crippen LogP contribution in [0.5, 0.6) is 5.75 Å². The Morgan fingerprint density at radius 1 is 1.29 bits per heavy atom. The molecule has 3 rings (SSSR count). The Morgan fingerprint density at radius 2 is 2.03 bits per heavy atom. The highest BCUT2D eigenvalue weighted by Crippen LogP contribution is 2.26. The Hall–Kier alpha value is -1.91. The lowest BCUT2D eigenvalue weighted by Gasteiger charge is -2.38. The molecule has 1 fully saturated rings. The first-order valence-electron chi connectivity index (χ1n) is 10.3. The molecule has 2 aromatic carbocycles. The smallest absolute Gasteiger partial charge is 0.194 e. The van der Waals surface area contributed by atoms with Crippen LogP contribution in [0, 0.1) is 5.82 Å². The summed E-state index contributed by atoms with van der Waals surface area (Å²) < 4.78 is 24.6. The van der Waals surface area contributed by atoms with Gasteiger partial charge in [-0.15, -0.1) is 24.0 Å². The van der Waals surface area contributed by atoms with Gasteiger partial charge in [-0.05, 0) is 49.2 Å². The molecule has 2 aromatic rings. The van der Waals surface area contributed by atoms with Crippen molar-refractivity contribution < 1.29 is 19.0 Å². The van der Waals surface area contributed by atoms with E-state index in [-0.39, 0.29) is 48.5 Å². The van der Waals surface area contributed by atoms with E-state index < -0.39 is 6.10 Å². The molecule has 8 heteroatoms. The largest absolute Gasteiger partial charge is 0.497 e. The lowest BCUT2D eigenvalue weighted by atomic mass is 10.1. The van der Waals surface area contributed by atoms with Crippen LogP contribution in [0.2, 0.25) is 0 Å². The van der Waals surface area contributed by atoms with E-state index in [1.807, 2.05) is 38.1 Å². The first-order valence-corrected chi connectivity index (χ1v) is 10.3. The number of guanidine groups is 1. The number of hydrogen-bond donors (Lipinski definition) is 2. The summed E-state index contributed by atoms with van der Waals surface area (Å²) in [4.78, 5) is 6.80. The molecule has 1 saturated heterocycles. The van der Waals surface area contributed by atoms with Crippen molar-refractivity contribution in [3.05, 3.63) is 65.5 Å². The zero-order valence-corrected chi connectivity index (χ0v) is 20.5. The lowest BCUT2D eigenvalue weighted by molar-refractivity contribution is -0.0605. The number of methoxy groups -OCH3 is 1. The van der Waals surface area contributed by atoms with Gasteiger partial charge >= 0.3 is 0 Å². The van der Waals surface area contributed by atoms with Crippen LogP contribution in [0.3, 0.4) is 0 Å². The summed E-state index contributed by atoms with van der Waals surface area (Å²) in [7, 11) is 1.60. The molecule has 6 nitrogen and oxygen atoms in total. The van der Waals surface area contributed by atoms with E-state index in [0.29, 0.717) is 25.4 Å². The highest BCUT2D eigenvalue weighted by molar-refractivity contribution is 14.0. The Kier molecular flexibility index (Phi) is 9.98. The van der Waals surface area contributed by atoms with E-state index in [9.17, 15) is 9.50 Å². The van der Waals surface area contributed by atoms with Crippen molar-refractivity contribution in [2.45, 2.75) is 32.2 Å². The van der Waals surface area contributed by atoms with Gasteiger partial charge in [-0.3, -0.25) is 4.99 Å². The van der Waals surface area contributed by atoms with Gasteiger partial charge in [0.05, 0.1) is 32.4 Å². The fourth-order valence-electron chi connectivity index (χ4n) is 3.54. The summed E-state index contributed by atoms with van der Waals surface area (Å²) in [5, 5.41) is 13.9. The molecule has 3 atom stereocenters. The number of nitrogens with one attached hydrogen (secondary N) is 1. The molecule has 0 radical (unpaired) electrons. The van der Waals surface area contributed by atoms with Gasteiger partial charge in [0.15, 0.2) is 5.96 Å². The molecule has 31 heavy (non-hydrogen) atoms. The Labute approximate surface area is 200 Å². The zero-order valence-electron chi connectivity index (χ0n) is 18.1. The second kappa shape index (κ2) is 12.2. The first-order chi connectivity index (χ1) is 14.5. The van der Waals surface area contributed by atoms with Crippen LogP contribution in [0.25, 0.3) is 0 Å². The van der Waals surface area contributed by atoms with Gasteiger partial charge in [0, 0.05) is 13.1 Å². The summed E-state index contributed by atoms with van der Waals surface area (Å²) in [5.41, 5.74) is 1.69. The van der Waals surface area contributed by atoms with Crippen LogP contribution < -0.4 is 10.1 Å². The van der Waals surface area contributed by atoms with Crippen LogP contribution in [0.4, 0.5) is 4.39 Å². The molecule has 1 aliphatic heterocycles. The quantitative estimate of drug-likeness (QED) is 0.329. The average Bonchev–Trinajstić information content (AvgIpc) is 2.76. The summed E-state index contributed by atoms with van der Waals surface area (Å²) in [6, 6.07) is 13.8. The Bertz CT molecular complexity index is 850. The van der Waals surface area contributed by atoms with E-state index in [1.54, 1.807) is 19.2 Å². The molecule has 0 aromatic heterocycles. The van der Waals surface area contributed by atoms with Crippen molar-refractivity contribution in [1.82, 2.24) is 10.2 Å². The highest BCUT2D eigenvalue weighted by Gasteiger charge is 2.28. The first kappa shape index (κ1) is 25.4. The van der Waals surface area contributed by atoms with Crippen molar-refractivity contribution in [2.24, 2.45) is 4.99 Å². The average molecular weight is 543 g/mol. The molecule has 170 valence electrons. The molecule has 0 bridgehead atoms. The number of nitrogens with zero attached hydrogens (tertiary/aromatic N) is 2. The minimum absolute atomic E-state index is 0. The van der Waals surface area contributed by atoms with E-state index in [1.165, 1.54) is 12.1 Å². The molecule has 0 aliphatic carbocycles. The molecular formula is C23H31FIN3O3. The number of aliphatic imine (C=N–C) groups is 1. The van der Waals surface area contributed by atoms with Gasteiger partial charge in [-0.1, -0.05) is 24.3 Å². The van der Waals surface area contributed by atoms with Crippen molar-refractivity contribution in [2.75, 3.05) is 33.3 Å². The Morgan fingerprint density at radius 3 is 2.71 bits per heavy atom. The number of rotatable bonds is 6. The predicted molar refractivity (Wildman–Crippen MR) is 131 cm³/mol. The molecule has 0 saturated carbocycles. The SMILES string of the molecule is CCNC(=NCC(O)c1cccc(OC)c1)N1CC(C)OC(c2ccc(F)cc2)C1.I. The normalized spacial score (nSPS) is 20.0. The number of benzene rings is 2. The summed E-state index contributed by atoms with van der Waals surface area (Å²) >= 11 is 0. The minimum atomic E-state index is -0.736. The van der Waals surface area contributed by atoms with Crippen LogP contribution in [0.1, 0.15) is 37.2 Å². The third-order valence-corrected chi connectivity index (χ3v) is 5.03. The van der Waals surface area contributed by atoms with E-state index in [0.717, 1.165) is 17.1 Å². The standard InChI is InChI=1S/C23H30FN3O3.HI/c1-4-25-23(26-13-21(28)18-6-5-7-20(12-18)29-3)27-14-16(2)30-22(15-27)17-8-10-19(24)11-9-17;/h5-12,16,21-22,28H,4,13-15H2,1-3H3,(H,25,26);1H. The van der Waals surface area contributed by atoms with Crippen LogP contribution >= 0.6 is 24.0 Å². The topological polar surface area (TPSA) is 66.3 Å². The molecule has 0 amide bonds. The maximum atomic E-state index is 13.3. The van der Waals surface area contributed by atoms with Crippen LogP contribution in [-0.4, -0.2) is 55.4 Å². The molecule has 3 unspecified atom stereocenters. The van der Waals surface area contributed by atoms with Gasteiger partial charge in [0.1, 0.15) is 17.7 Å². The minimum Gasteiger partial charge on any atom is -0.497 e. The van der Waals surface area contributed by atoms with Crippen molar-refractivity contribution in [3.63, 3.8) is 0 Å². The molecule has 2 N–H and O–H groups in total. The number of aliphatic hydroxyl groups excluding tert-OH is 1. The Balaban J connectivity index is 0.00000341. The third kappa shape index (κ3) is 7.05. The second-order valence-corrected chi connectivity index (χ2v) is 7.38. The van der Waals surface area contributed by atoms with Gasteiger partial charge < -0.3 is 24.8 Å². The van der Waals surface area contributed by atoms with E-state index in [2.05, 4.69) is 15.2 Å². The maximum absolute atomic E-state index is 13.3. The van der Waals surface area contributed by atoms with Crippen LogP contribution in [-0.2, 0) is 4.74 Å². The third-order valence-electron chi connectivity index (χ3n) is 5.03. The maximum Gasteiger partial charge on any atom is 0.194 e. The van der Waals surface area contributed by atoms with Gasteiger partial charge in [-0.2, -0.15) is 0 Å². The summed E-state index contributed by atoms with van der Waals surface area (Å²) in [6.07, 6.45) is -0.928. The van der Waals surface area contributed by atoms with Crippen molar-refractivity contribution in [1.29, 1.82) is 0 Å². The second-order valence-electron chi connectivity index (χ2n) is 7.38. The lowest BCUT2D eigenvalue weighted by Crippen LogP contribution is -2.50. The van der Waals surface area contributed by atoms with Crippen molar-refractivity contribution >= 4 is 29.9 Å². The van der Waals surface area contributed by atoms with E-state index in [4.69, 9.17) is 9.47 Å². The monoisotopic (exact) mass is 543 g/mol. The number of morpholine rings is 1. The van der Waals surface area contributed by atoms with Crippen LogP contribution in [0.15, 0.2) is 53.5 Å². The van der Waals surface area contributed by atoms with E-state index >= 15 is 0 Å². The van der Waals surface area contributed by atoms with Gasteiger partial charge in [0.25, 0.3) is 0 Å². The van der Waals surface area contributed by atoms with Gasteiger partial charge in [-0.25, -0.2) is 4.39 Å². The zero-order chi connectivity index (χ0) is 21.5. The van der Waals surface area contributed by atoms with Gasteiger partial charge in [0.2, 0.25) is 0 Å². The molecule has 0 spiro atoms. The number of ether oxygens (including phenoxy) is 2. The molecule has 1 heterocycles. The number of aliphatic hydroxyl groups is 1. The van der Waals surface area contributed by atoms with Crippen molar-refractivity contribution in [3.8, 4) is 5.75 Å². The number of halogens is 2. The molecule has 1 aliphatic rings. The summed E-state index contributed by atoms with van der Waals surface area (Å²) in [5.74, 6) is 1.16. The predicted octanol–water partition coefficient (Wildman–Crippen LogP) is 3.91. The summed E-state index contributed by atoms with van der Waals surface area (Å²) in [6.45, 7) is 6.23. The fourth-order valence-corrected chi connectivity index (χ4v) is 3.54. The molecular weight excluding hydrogens is 512 g/mol.